The Morgan fingerprint density at radius 1 is 1.56 bits per heavy atom. The average molecular weight is 268 g/mol. The van der Waals surface area contributed by atoms with Gasteiger partial charge in [0.1, 0.15) is 0 Å². The molecule has 1 aromatic rings. The number of carbonyl (C=O) groups is 2. The zero-order valence-electron chi connectivity index (χ0n) is 10.1. The fraction of sp³-hybridized carbons (Fsp3) is 0.385. The minimum atomic E-state index is -0.381. The van der Waals surface area contributed by atoms with E-state index in [0.29, 0.717) is 30.8 Å². The summed E-state index contributed by atoms with van der Waals surface area (Å²) in [5, 5.41) is -0.163. The van der Waals surface area contributed by atoms with Crippen LogP contribution in [0, 0.1) is 0 Å². The van der Waals surface area contributed by atoms with E-state index in [4.69, 9.17) is 16.3 Å². The van der Waals surface area contributed by atoms with Crippen molar-refractivity contribution in [3.05, 3.63) is 29.8 Å². The SMILES string of the molecule is CCOC(=O)c1cccc(N2CC(Cl)CC2=O)c1. The van der Waals surface area contributed by atoms with Crippen LogP contribution in [0.3, 0.4) is 0 Å². The first-order chi connectivity index (χ1) is 8.61. The number of hydrogen-bond donors (Lipinski definition) is 0. The van der Waals surface area contributed by atoms with E-state index in [9.17, 15) is 9.59 Å². The van der Waals surface area contributed by atoms with Crippen LogP contribution in [0.25, 0.3) is 0 Å². The van der Waals surface area contributed by atoms with Crippen LogP contribution >= 0.6 is 11.6 Å². The molecule has 0 saturated carbocycles. The summed E-state index contributed by atoms with van der Waals surface area (Å²) in [6.45, 7) is 2.56. The first kappa shape index (κ1) is 12.9. The molecule has 1 aliphatic rings. The predicted molar refractivity (Wildman–Crippen MR) is 69.0 cm³/mol. The zero-order chi connectivity index (χ0) is 13.1. The Hall–Kier alpha value is -1.55. The summed E-state index contributed by atoms with van der Waals surface area (Å²) >= 11 is 5.95. The third kappa shape index (κ3) is 2.64. The minimum absolute atomic E-state index is 0.0176. The Morgan fingerprint density at radius 2 is 2.33 bits per heavy atom. The number of hydrogen-bond acceptors (Lipinski definition) is 3. The van der Waals surface area contributed by atoms with Crippen molar-refractivity contribution in [1.29, 1.82) is 0 Å². The molecule has 4 nitrogen and oxygen atoms in total. The summed E-state index contributed by atoms with van der Waals surface area (Å²) in [4.78, 5) is 24.9. The third-order valence-electron chi connectivity index (χ3n) is 2.75. The lowest BCUT2D eigenvalue weighted by atomic mass is 10.2. The van der Waals surface area contributed by atoms with Crippen molar-refractivity contribution >= 4 is 29.2 Å². The summed E-state index contributed by atoms with van der Waals surface area (Å²) in [6.07, 6.45) is 0.338. The van der Waals surface area contributed by atoms with Crippen molar-refractivity contribution in [2.24, 2.45) is 0 Å². The van der Waals surface area contributed by atoms with Gasteiger partial charge in [-0.05, 0) is 25.1 Å². The van der Waals surface area contributed by atoms with E-state index in [2.05, 4.69) is 0 Å². The Morgan fingerprint density at radius 3 is 2.94 bits per heavy atom. The second kappa shape index (κ2) is 5.40. The largest absolute Gasteiger partial charge is 0.462 e. The molecule has 1 amide bonds. The molecule has 2 rings (SSSR count). The lowest BCUT2D eigenvalue weighted by Gasteiger charge is -2.16. The maximum absolute atomic E-state index is 11.7. The van der Waals surface area contributed by atoms with E-state index in [1.807, 2.05) is 0 Å². The molecule has 0 spiro atoms. The summed E-state index contributed by atoms with van der Waals surface area (Å²) in [5.74, 6) is -0.399. The van der Waals surface area contributed by atoms with Gasteiger partial charge in [-0.25, -0.2) is 4.79 Å². The fourth-order valence-electron chi connectivity index (χ4n) is 1.93. The van der Waals surface area contributed by atoms with Gasteiger partial charge in [0.05, 0.1) is 17.5 Å². The van der Waals surface area contributed by atoms with Gasteiger partial charge < -0.3 is 9.64 Å². The molecule has 1 heterocycles. The normalized spacial score (nSPS) is 19.1. The molecular formula is C13H14ClNO3. The maximum atomic E-state index is 11.7. The molecule has 0 N–H and O–H groups in total. The molecule has 0 aliphatic carbocycles. The van der Waals surface area contributed by atoms with Crippen molar-refractivity contribution in [1.82, 2.24) is 0 Å². The van der Waals surface area contributed by atoms with Gasteiger partial charge in [0.15, 0.2) is 0 Å². The molecule has 18 heavy (non-hydrogen) atoms. The number of benzene rings is 1. The number of anilines is 1. The lowest BCUT2D eigenvalue weighted by Crippen LogP contribution is -2.24. The molecule has 0 radical (unpaired) electrons. The van der Waals surface area contributed by atoms with Crippen LogP contribution in [0.15, 0.2) is 24.3 Å². The summed E-state index contributed by atoms with van der Waals surface area (Å²) in [7, 11) is 0. The minimum Gasteiger partial charge on any atom is -0.462 e. The Balaban J connectivity index is 2.22. The highest BCUT2D eigenvalue weighted by Crippen LogP contribution is 2.25. The number of rotatable bonds is 3. The van der Waals surface area contributed by atoms with Crippen LogP contribution in [0.5, 0.6) is 0 Å². The lowest BCUT2D eigenvalue weighted by molar-refractivity contribution is -0.117. The first-order valence-electron chi connectivity index (χ1n) is 5.83. The Bertz CT molecular complexity index is 475. The van der Waals surface area contributed by atoms with Gasteiger partial charge in [-0.3, -0.25) is 4.79 Å². The van der Waals surface area contributed by atoms with Gasteiger partial charge in [0.25, 0.3) is 0 Å². The topological polar surface area (TPSA) is 46.6 Å². The number of ether oxygens (including phenoxy) is 1. The monoisotopic (exact) mass is 267 g/mol. The van der Waals surface area contributed by atoms with Crippen LogP contribution in [-0.2, 0) is 9.53 Å². The van der Waals surface area contributed by atoms with Crippen molar-refractivity contribution in [3.8, 4) is 0 Å². The van der Waals surface area contributed by atoms with Crippen molar-refractivity contribution < 1.29 is 14.3 Å². The maximum Gasteiger partial charge on any atom is 0.338 e. The van der Waals surface area contributed by atoms with Gasteiger partial charge >= 0.3 is 5.97 Å². The molecule has 5 heteroatoms. The number of alkyl halides is 1. The summed E-state index contributed by atoms with van der Waals surface area (Å²) < 4.78 is 4.93. The molecule has 1 unspecified atom stereocenters. The molecule has 1 atom stereocenters. The number of carbonyl (C=O) groups excluding carboxylic acids is 2. The zero-order valence-corrected chi connectivity index (χ0v) is 10.8. The Labute approximate surface area is 110 Å². The first-order valence-corrected chi connectivity index (χ1v) is 6.27. The molecule has 1 aromatic carbocycles. The van der Waals surface area contributed by atoms with E-state index in [1.54, 1.807) is 36.1 Å². The molecule has 1 fully saturated rings. The van der Waals surface area contributed by atoms with Crippen molar-refractivity contribution in [3.63, 3.8) is 0 Å². The average Bonchev–Trinajstić information content (AvgIpc) is 2.69. The van der Waals surface area contributed by atoms with Crippen LogP contribution < -0.4 is 4.90 Å². The van der Waals surface area contributed by atoms with Gasteiger partial charge in [0, 0.05) is 18.7 Å². The highest BCUT2D eigenvalue weighted by Gasteiger charge is 2.29. The summed E-state index contributed by atoms with van der Waals surface area (Å²) in [5.41, 5.74) is 1.13. The van der Waals surface area contributed by atoms with E-state index in [1.165, 1.54) is 0 Å². The van der Waals surface area contributed by atoms with E-state index in [0.717, 1.165) is 0 Å². The number of nitrogens with zero attached hydrogens (tertiary/aromatic N) is 1. The highest BCUT2D eigenvalue weighted by molar-refractivity contribution is 6.24. The van der Waals surface area contributed by atoms with E-state index < -0.39 is 0 Å². The van der Waals surface area contributed by atoms with Gasteiger partial charge in [-0.2, -0.15) is 0 Å². The standard InChI is InChI=1S/C13H14ClNO3/c1-2-18-13(17)9-4-3-5-11(6-9)15-8-10(14)7-12(15)16/h3-6,10H,2,7-8H2,1H3. The molecule has 1 aliphatic heterocycles. The smallest absolute Gasteiger partial charge is 0.338 e. The number of halogens is 1. The second-order valence-electron chi connectivity index (χ2n) is 4.08. The second-order valence-corrected chi connectivity index (χ2v) is 4.69. The third-order valence-corrected chi connectivity index (χ3v) is 3.04. The fourth-order valence-corrected chi connectivity index (χ4v) is 2.20. The van der Waals surface area contributed by atoms with Crippen LogP contribution in [0.1, 0.15) is 23.7 Å². The predicted octanol–water partition coefficient (Wildman–Crippen LogP) is 2.21. The van der Waals surface area contributed by atoms with Crippen LogP contribution in [0.4, 0.5) is 5.69 Å². The van der Waals surface area contributed by atoms with Crippen LogP contribution in [-0.4, -0.2) is 30.4 Å². The van der Waals surface area contributed by atoms with E-state index in [-0.39, 0.29) is 17.3 Å². The van der Waals surface area contributed by atoms with Gasteiger partial charge in [-0.15, -0.1) is 11.6 Å². The molecule has 0 aromatic heterocycles. The number of esters is 1. The Kier molecular flexibility index (Phi) is 3.87. The molecule has 1 saturated heterocycles. The number of amides is 1. The van der Waals surface area contributed by atoms with E-state index >= 15 is 0 Å². The van der Waals surface area contributed by atoms with Gasteiger partial charge in [-0.1, -0.05) is 6.07 Å². The van der Waals surface area contributed by atoms with Crippen molar-refractivity contribution in [2.45, 2.75) is 18.7 Å². The van der Waals surface area contributed by atoms with Crippen LogP contribution in [0.2, 0.25) is 0 Å². The highest BCUT2D eigenvalue weighted by atomic mass is 35.5. The quantitative estimate of drug-likeness (QED) is 0.623. The molecule has 96 valence electrons. The van der Waals surface area contributed by atoms with Gasteiger partial charge in [0.2, 0.25) is 5.91 Å². The summed E-state index contributed by atoms with van der Waals surface area (Å²) in [6, 6.07) is 6.84. The molecular weight excluding hydrogens is 254 g/mol. The molecule has 0 bridgehead atoms. The van der Waals surface area contributed by atoms with Crippen molar-refractivity contribution in [2.75, 3.05) is 18.1 Å².